The van der Waals surface area contributed by atoms with Gasteiger partial charge in [-0.05, 0) is 27.9 Å². The molecule has 0 unspecified atom stereocenters. The standard InChI is InChI=1S/C14H14BrN5O/c1-7(2)11-10(15)13(20-19-11)14(21)17-9-5-3-4-8-6-16-18-12(8)9/h3-7H,1-2H3,(H,16,18)(H,17,21)(H,19,20). The van der Waals surface area contributed by atoms with Gasteiger partial charge in [-0.25, -0.2) is 0 Å². The quantitative estimate of drug-likeness (QED) is 0.678. The highest BCUT2D eigenvalue weighted by molar-refractivity contribution is 9.10. The lowest BCUT2D eigenvalue weighted by atomic mass is 10.1. The van der Waals surface area contributed by atoms with Crippen molar-refractivity contribution >= 4 is 38.4 Å². The third-order valence-corrected chi connectivity index (χ3v) is 4.05. The first kappa shape index (κ1) is 13.8. The van der Waals surface area contributed by atoms with Gasteiger partial charge in [0.25, 0.3) is 5.91 Å². The zero-order valence-electron chi connectivity index (χ0n) is 11.6. The van der Waals surface area contributed by atoms with Crippen molar-refractivity contribution in [3.05, 3.63) is 40.3 Å². The van der Waals surface area contributed by atoms with Gasteiger partial charge < -0.3 is 5.32 Å². The molecule has 2 aromatic heterocycles. The number of hydrogen-bond donors (Lipinski definition) is 3. The Labute approximate surface area is 129 Å². The fraction of sp³-hybridized carbons (Fsp3) is 0.214. The van der Waals surface area contributed by atoms with E-state index in [4.69, 9.17) is 0 Å². The van der Waals surface area contributed by atoms with E-state index in [2.05, 4.69) is 41.6 Å². The number of anilines is 1. The Balaban J connectivity index is 1.92. The third-order valence-electron chi connectivity index (χ3n) is 3.25. The van der Waals surface area contributed by atoms with Crippen molar-refractivity contribution in [2.75, 3.05) is 5.32 Å². The summed E-state index contributed by atoms with van der Waals surface area (Å²) in [5.74, 6) is -0.0170. The SMILES string of the molecule is CC(C)c1[nH]nc(C(=O)Nc2cccc3cn[nH]c23)c1Br. The Morgan fingerprint density at radius 2 is 2.14 bits per heavy atom. The molecule has 21 heavy (non-hydrogen) atoms. The van der Waals surface area contributed by atoms with Crippen LogP contribution in [0.25, 0.3) is 10.9 Å². The van der Waals surface area contributed by atoms with Crippen LogP contribution < -0.4 is 5.32 Å². The predicted molar refractivity (Wildman–Crippen MR) is 84.4 cm³/mol. The van der Waals surface area contributed by atoms with Gasteiger partial charge in [0.05, 0.1) is 27.6 Å². The van der Waals surface area contributed by atoms with Crippen LogP contribution in [0.2, 0.25) is 0 Å². The molecule has 7 heteroatoms. The number of aromatic amines is 2. The summed E-state index contributed by atoms with van der Waals surface area (Å²) in [4.78, 5) is 12.4. The molecular formula is C14H14BrN5O. The summed E-state index contributed by atoms with van der Waals surface area (Å²) in [6.07, 6.45) is 1.71. The van der Waals surface area contributed by atoms with Crippen molar-refractivity contribution in [3.63, 3.8) is 0 Å². The van der Waals surface area contributed by atoms with Crippen LogP contribution in [0.1, 0.15) is 35.9 Å². The molecular weight excluding hydrogens is 334 g/mol. The van der Waals surface area contributed by atoms with Gasteiger partial charge in [0, 0.05) is 5.39 Å². The number of fused-ring (bicyclic) bond motifs is 1. The minimum absolute atomic E-state index is 0.254. The molecule has 0 aliphatic carbocycles. The van der Waals surface area contributed by atoms with Crippen LogP contribution in [0.4, 0.5) is 5.69 Å². The smallest absolute Gasteiger partial charge is 0.277 e. The molecule has 0 saturated heterocycles. The lowest BCUT2D eigenvalue weighted by Crippen LogP contribution is -2.13. The van der Waals surface area contributed by atoms with Crippen LogP contribution in [-0.4, -0.2) is 26.3 Å². The average molecular weight is 348 g/mol. The Morgan fingerprint density at radius 1 is 1.33 bits per heavy atom. The van der Waals surface area contributed by atoms with E-state index in [1.54, 1.807) is 6.20 Å². The highest BCUT2D eigenvalue weighted by Crippen LogP contribution is 2.27. The number of H-pyrrole nitrogens is 2. The van der Waals surface area contributed by atoms with Gasteiger partial charge in [-0.2, -0.15) is 10.2 Å². The van der Waals surface area contributed by atoms with Gasteiger partial charge in [-0.1, -0.05) is 26.0 Å². The fourth-order valence-corrected chi connectivity index (χ4v) is 2.94. The van der Waals surface area contributed by atoms with Crippen molar-refractivity contribution in [3.8, 4) is 0 Å². The Kier molecular flexibility index (Phi) is 3.50. The second kappa shape index (κ2) is 5.33. The number of para-hydroxylation sites is 1. The number of hydrogen-bond acceptors (Lipinski definition) is 3. The summed E-state index contributed by atoms with van der Waals surface area (Å²) >= 11 is 3.43. The largest absolute Gasteiger partial charge is 0.319 e. The van der Waals surface area contributed by atoms with Crippen LogP contribution in [0.3, 0.4) is 0 Å². The maximum absolute atomic E-state index is 12.4. The zero-order valence-corrected chi connectivity index (χ0v) is 13.2. The molecule has 3 N–H and O–H groups in total. The summed E-state index contributed by atoms with van der Waals surface area (Å²) in [6, 6.07) is 5.62. The van der Waals surface area contributed by atoms with Gasteiger partial charge in [0.1, 0.15) is 0 Å². The van der Waals surface area contributed by atoms with Gasteiger partial charge >= 0.3 is 0 Å². The molecule has 0 aliphatic rings. The molecule has 1 aromatic carbocycles. The molecule has 0 fully saturated rings. The Morgan fingerprint density at radius 3 is 2.86 bits per heavy atom. The maximum Gasteiger partial charge on any atom is 0.277 e. The first-order valence-corrected chi connectivity index (χ1v) is 7.34. The monoisotopic (exact) mass is 347 g/mol. The Hall–Kier alpha value is -2.15. The van der Waals surface area contributed by atoms with Gasteiger partial charge in [-0.3, -0.25) is 15.0 Å². The van der Waals surface area contributed by atoms with Crippen molar-refractivity contribution in [2.45, 2.75) is 19.8 Å². The van der Waals surface area contributed by atoms with E-state index in [1.807, 2.05) is 32.0 Å². The van der Waals surface area contributed by atoms with E-state index < -0.39 is 0 Å². The van der Waals surface area contributed by atoms with E-state index in [0.29, 0.717) is 15.9 Å². The van der Waals surface area contributed by atoms with Crippen molar-refractivity contribution in [1.82, 2.24) is 20.4 Å². The number of aromatic nitrogens is 4. The van der Waals surface area contributed by atoms with Crippen LogP contribution in [0, 0.1) is 0 Å². The van der Waals surface area contributed by atoms with E-state index >= 15 is 0 Å². The topological polar surface area (TPSA) is 86.5 Å². The first-order valence-electron chi connectivity index (χ1n) is 6.55. The maximum atomic E-state index is 12.4. The third kappa shape index (κ3) is 2.44. The number of carbonyl (C=O) groups excluding carboxylic acids is 1. The predicted octanol–water partition coefficient (Wildman–Crippen LogP) is 3.42. The van der Waals surface area contributed by atoms with Crippen LogP contribution in [0.15, 0.2) is 28.9 Å². The minimum atomic E-state index is -0.271. The zero-order chi connectivity index (χ0) is 15.0. The molecule has 0 bridgehead atoms. The van der Waals surface area contributed by atoms with E-state index in [9.17, 15) is 4.79 Å². The molecule has 0 radical (unpaired) electrons. The molecule has 3 rings (SSSR count). The van der Waals surface area contributed by atoms with Crippen molar-refractivity contribution in [1.29, 1.82) is 0 Å². The van der Waals surface area contributed by atoms with Crippen LogP contribution in [0.5, 0.6) is 0 Å². The number of rotatable bonds is 3. The highest BCUT2D eigenvalue weighted by Gasteiger charge is 2.20. The van der Waals surface area contributed by atoms with Crippen molar-refractivity contribution in [2.24, 2.45) is 0 Å². The van der Waals surface area contributed by atoms with Crippen LogP contribution in [-0.2, 0) is 0 Å². The summed E-state index contributed by atoms with van der Waals surface area (Å²) in [6.45, 7) is 4.07. The molecule has 2 heterocycles. The summed E-state index contributed by atoms with van der Waals surface area (Å²) in [5.41, 5.74) is 2.72. The normalized spacial score (nSPS) is 11.2. The average Bonchev–Trinajstić information content (AvgIpc) is 3.05. The van der Waals surface area contributed by atoms with Gasteiger partial charge in [-0.15, -0.1) is 0 Å². The lowest BCUT2D eigenvalue weighted by Gasteiger charge is -2.05. The lowest BCUT2D eigenvalue weighted by molar-refractivity contribution is 0.102. The molecule has 0 saturated carbocycles. The minimum Gasteiger partial charge on any atom is -0.319 e. The molecule has 0 atom stereocenters. The molecule has 0 aliphatic heterocycles. The number of nitrogens with one attached hydrogen (secondary N) is 3. The molecule has 0 spiro atoms. The number of halogens is 1. The molecule has 6 nitrogen and oxygen atoms in total. The van der Waals surface area contributed by atoms with Gasteiger partial charge in [0.2, 0.25) is 0 Å². The van der Waals surface area contributed by atoms with E-state index in [1.165, 1.54) is 0 Å². The second-order valence-electron chi connectivity index (χ2n) is 5.05. The highest BCUT2D eigenvalue weighted by atomic mass is 79.9. The van der Waals surface area contributed by atoms with E-state index in [-0.39, 0.29) is 11.8 Å². The summed E-state index contributed by atoms with van der Waals surface area (Å²) in [7, 11) is 0. The molecule has 108 valence electrons. The number of nitrogens with zero attached hydrogens (tertiary/aromatic N) is 2. The molecule has 1 amide bonds. The van der Waals surface area contributed by atoms with E-state index in [0.717, 1.165) is 16.6 Å². The van der Waals surface area contributed by atoms with Crippen LogP contribution >= 0.6 is 15.9 Å². The number of amides is 1. The van der Waals surface area contributed by atoms with Gasteiger partial charge in [0.15, 0.2) is 5.69 Å². The fourth-order valence-electron chi connectivity index (χ4n) is 2.13. The summed E-state index contributed by atoms with van der Waals surface area (Å²) < 4.78 is 0.701. The second-order valence-corrected chi connectivity index (χ2v) is 5.84. The van der Waals surface area contributed by atoms with Crippen molar-refractivity contribution < 1.29 is 4.79 Å². The molecule has 3 aromatic rings. The summed E-state index contributed by atoms with van der Waals surface area (Å²) in [5, 5.41) is 17.6. The number of carbonyl (C=O) groups is 1. The first-order chi connectivity index (χ1) is 10.1. The Bertz CT molecular complexity index is 805. The number of benzene rings is 1.